The minimum absolute atomic E-state index is 0.184. The number of nitrogens with one attached hydrogen (secondary N) is 2. The molecular weight excluding hydrogens is 244 g/mol. The van der Waals surface area contributed by atoms with Crippen LogP contribution in [0.4, 0.5) is 11.4 Å². The van der Waals surface area contributed by atoms with E-state index in [1.807, 2.05) is 13.8 Å². The third kappa shape index (κ3) is 4.17. The maximum absolute atomic E-state index is 11.5. The average Bonchev–Trinajstić information content (AvgIpc) is 2.28. The van der Waals surface area contributed by atoms with E-state index >= 15 is 0 Å². The van der Waals surface area contributed by atoms with Crippen LogP contribution in [-0.2, 0) is 4.79 Å². The van der Waals surface area contributed by atoms with Crippen LogP contribution in [0.2, 0.25) is 0 Å². The van der Waals surface area contributed by atoms with Crippen LogP contribution >= 0.6 is 0 Å². The van der Waals surface area contributed by atoms with Gasteiger partial charge in [-0.3, -0.25) is 9.59 Å². The second-order valence-electron chi connectivity index (χ2n) is 5.03. The van der Waals surface area contributed by atoms with Crippen molar-refractivity contribution in [3.05, 3.63) is 23.8 Å². The van der Waals surface area contributed by atoms with Crippen molar-refractivity contribution in [3.8, 4) is 0 Å². The minimum atomic E-state index is -0.505. The number of primary amides is 1. The van der Waals surface area contributed by atoms with Gasteiger partial charge in [0.2, 0.25) is 5.91 Å². The van der Waals surface area contributed by atoms with Gasteiger partial charge in [0.1, 0.15) is 0 Å². The number of hydrogen-bond donors (Lipinski definition) is 4. The third-order valence-corrected chi connectivity index (χ3v) is 2.63. The van der Waals surface area contributed by atoms with Crippen molar-refractivity contribution in [2.24, 2.45) is 5.73 Å². The van der Waals surface area contributed by atoms with Crippen molar-refractivity contribution in [2.45, 2.75) is 25.8 Å². The summed E-state index contributed by atoms with van der Waals surface area (Å²) in [6, 6.07) is 4.96. The highest BCUT2D eigenvalue weighted by molar-refractivity contribution is 5.96. The molecule has 1 aromatic rings. The van der Waals surface area contributed by atoms with Gasteiger partial charge in [-0.1, -0.05) is 0 Å². The van der Waals surface area contributed by atoms with Crippen LogP contribution in [0.3, 0.4) is 0 Å². The molecule has 0 radical (unpaired) electrons. The van der Waals surface area contributed by atoms with Gasteiger partial charge in [-0.2, -0.15) is 0 Å². The molecule has 6 heteroatoms. The van der Waals surface area contributed by atoms with Gasteiger partial charge in [0.05, 0.1) is 11.4 Å². The normalized spacial score (nSPS) is 10.9. The highest BCUT2D eigenvalue weighted by Gasteiger charge is 2.21. The first kappa shape index (κ1) is 14.8. The zero-order chi connectivity index (χ0) is 14.6. The Morgan fingerprint density at radius 1 is 1.32 bits per heavy atom. The molecule has 0 aliphatic heterocycles. The second-order valence-corrected chi connectivity index (χ2v) is 5.03. The second kappa shape index (κ2) is 5.60. The van der Waals surface area contributed by atoms with Crippen LogP contribution in [0.15, 0.2) is 18.2 Å². The standard InChI is InChI=1S/C13H20N4O2/c1-13(2,7-11(15)18)17-10-5-4-8(6-9(10)14)12(19)16-3/h4-6,17H,7,14H2,1-3H3,(H2,15,18)(H,16,19). The molecule has 0 unspecified atom stereocenters. The molecule has 0 spiro atoms. The van der Waals surface area contributed by atoms with Crippen molar-refractivity contribution < 1.29 is 9.59 Å². The van der Waals surface area contributed by atoms with Crippen LogP contribution in [0, 0.1) is 0 Å². The first-order valence-electron chi connectivity index (χ1n) is 5.93. The molecule has 0 aromatic heterocycles. The van der Waals surface area contributed by atoms with Crippen molar-refractivity contribution >= 4 is 23.2 Å². The maximum Gasteiger partial charge on any atom is 0.251 e. The number of carbonyl (C=O) groups excluding carboxylic acids is 2. The summed E-state index contributed by atoms with van der Waals surface area (Å²) in [6.45, 7) is 3.70. The fourth-order valence-corrected chi connectivity index (χ4v) is 1.81. The van der Waals surface area contributed by atoms with E-state index in [0.29, 0.717) is 16.9 Å². The minimum Gasteiger partial charge on any atom is -0.397 e. The van der Waals surface area contributed by atoms with Crippen molar-refractivity contribution in [1.82, 2.24) is 5.32 Å². The van der Waals surface area contributed by atoms with E-state index in [1.165, 1.54) is 0 Å². The fraction of sp³-hybridized carbons (Fsp3) is 0.385. The van der Waals surface area contributed by atoms with Gasteiger partial charge < -0.3 is 22.1 Å². The van der Waals surface area contributed by atoms with Gasteiger partial charge in [-0.15, -0.1) is 0 Å². The van der Waals surface area contributed by atoms with E-state index in [0.717, 1.165) is 0 Å². The quantitative estimate of drug-likeness (QED) is 0.586. The van der Waals surface area contributed by atoms with E-state index < -0.39 is 11.4 Å². The first-order valence-corrected chi connectivity index (χ1v) is 5.93. The Bertz CT molecular complexity index is 497. The Hall–Kier alpha value is -2.24. The molecule has 0 saturated heterocycles. The zero-order valence-corrected chi connectivity index (χ0v) is 11.4. The van der Waals surface area contributed by atoms with E-state index in [9.17, 15) is 9.59 Å². The van der Waals surface area contributed by atoms with Crippen LogP contribution in [0.5, 0.6) is 0 Å². The van der Waals surface area contributed by atoms with Gasteiger partial charge in [-0.25, -0.2) is 0 Å². The number of benzene rings is 1. The summed E-state index contributed by atoms with van der Waals surface area (Å²) < 4.78 is 0. The van der Waals surface area contributed by atoms with Gasteiger partial charge in [0.25, 0.3) is 5.91 Å². The summed E-state index contributed by atoms with van der Waals surface area (Å²) >= 11 is 0. The molecule has 0 bridgehead atoms. The molecule has 0 aliphatic carbocycles. The molecule has 0 fully saturated rings. The smallest absolute Gasteiger partial charge is 0.251 e. The lowest BCUT2D eigenvalue weighted by atomic mass is 9.99. The highest BCUT2D eigenvalue weighted by atomic mass is 16.1. The van der Waals surface area contributed by atoms with Gasteiger partial charge in [0, 0.05) is 24.6 Å². The summed E-state index contributed by atoms with van der Waals surface area (Å²) in [5.41, 5.74) is 12.2. The molecule has 1 rings (SSSR count). The molecule has 104 valence electrons. The molecule has 19 heavy (non-hydrogen) atoms. The topological polar surface area (TPSA) is 110 Å². The lowest BCUT2D eigenvalue weighted by molar-refractivity contribution is -0.118. The van der Waals surface area contributed by atoms with E-state index in [-0.39, 0.29) is 12.3 Å². The van der Waals surface area contributed by atoms with Crippen molar-refractivity contribution in [1.29, 1.82) is 0 Å². The Balaban J connectivity index is 2.91. The largest absolute Gasteiger partial charge is 0.397 e. The third-order valence-electron chi connectivity index (χ3n) is 2.63. The molecule has 0 saturated carbocycles. The molecule has 1 aromatic carbocycles. The highest BCUT2D eigenvalue weighted by Crippen LogP contribution is 2.25. The van der Waals surface area contributed by atoms with Gasteiger partial charge in [0.15, 0.2) is 0 Å². The van der Waals surface area contributed by atoms with Crippen LogP contribution in [0.1, 0.15) is 30.6 Å². The molecule has 6 nitrogen and oxygen atoms in total. The number of amides is 2. The average molecular weight is 264 g/mol. The SMILES string of the molecule is CNC(=O)c1ccc(NC(C)(C)CC(N)=O)c(N)c1. The number of carbonyl (C=O) groups is 2. The lowest BCUT2D eigenvalue weighted by Gasteiger charge is -2.27. The van der Waals surface area contributed by atoms with E-state index in [4.69, 9.17) is 11.5 Å². The molecule has 0 heterocycles. The lowest BCUT2D eigenvalue weighted by Crippen LogP contribution is -2.36. The monoisotopic (exact) mass is 264 g/mol. The fourth-order valence-electron chi connectivity index (χ4n) is 1.81. The molecule has 6 N–H and O–H groups in total. The van der Waals surface area contributed by atoms with Crippen molar-refractivity contribution in [3.63, 3.8) is 0 Å². The molecule has 2 amide bonds. The Morgan fingerprint density at radius 2 is 1.95 bits per heavy atom. The van der Waals surface area contributed by atoms with Gasteiger partial charge >= 0.3 is 0 Å². The predicted octanol–water partition coefficient (Wildman–Crippen LogP) is 0.694. The number of nitrogens with two attached hydrogens (primary N) is 2. The first-order chi connectivity index (χ1) is 8.75. The van der Waals surface area contributed by atoms with E-state index in [1.54, 1.807) is 25.2 Å². The summed E-state index contributed by atoms with van der Waals surface area (Å²) in [6.07, 6.45) is 0.184. The Kier molecular flexibility index (Phi) is 4.37. The number of hydrogen-bond acceptors (Lipinski definition) is 4. The van der Waals surface area contributed by atoms with Crippen LogP contribution in [-0.4, -0.2) is 24.4 Å². The van der Waals surface area contributed by atoms with Crippen LogP contribution < -0.4 is 22.1 Å². The summed E-state index contributed by atoms with van der Waals surface area (Å²) in [7, 11) is 1.56. The van der Waals surface area contributed by atoms with Gasteiger partial charge in [-0.05, 0) is 32.0 Å². The molecule has 0 atom stereocenters. The number of anilines is 2. The summed E-state index contributed by atoms with van der Waals surface area (Å²) in [4.78, 5) is 22.4. The maximum atomic E-state index is 11.5. The van der Waals surface area contributed by atoms with Crippen molar-refractivity contribution in [2.75, 3.05) is 18.1 Å². The predicted molar refractivity (Wildman–Crippen MR) is 75.8 cm³/mol. The molecular formula is C13H20N4O2. The Morgan fingerprint density at radius 3 is 2.42 bits per heavy atom. The Labute approximate surface area is 112 Å². The molecule has 0 aliphatic rings. The number of nitrogen functional groups attached to an aromatic ring is 1. The summed E-state index contributed by atoms with van der Waals surface area (Å²) in [5.74, 6) is -0.590. The van der Waals surface area contributed by atoms with E-state index in [2.05, 4.69) is 10.6 Å². The van der Waals surface area contributed by atoms with Crippen LogP contribution in [0.25, 0.3) is 0 Å². The zero-order valence-electron chi connectivity index (χ0n) is 11.4. The number of rotatable bonds is 5. The summed E-state index contributed by atoms with van der Waals surface area (Å²) in [5, 5.41) is 5.67.